The van der Waals surface area contributed by atoms with Crippen LogP contribution in [0.15, 0.2) is 58.3 Å². The second-order valence-electron chi connectivity index (χ2n) is 4.46. The van der Waals surface area contributed by atoms with E-state index in [0.717, 1.165) is 5.69 Å². The highest BCUT2D eigenvalue weighted by Gasteiger charge is 2.17. The van der Waals surface area contributed by atoms with E-state index in [1.54, 1.807) is 30.3 Å². The fourth-order valence-corrected chi connectivity index (χ4v) is 3.01. The third-order valence-corrected chi connectivity index (χ3v) is 4.60. The van der Waals surface area contributed by atoms with E-state index in [1.165, 1.54) is 12.1 Å². The molecule has 4 nitrogen and oxygen atoms in total. The van der Waals surface area contributed by atoms with Crippen LogP contribution in [0.5, 0.6) is 0 Å². The molecule has 0 spiro atoms. The Labute approximate surface area is 113 Å². The minimum absolute atomic E-state index is 0.248. The molecule has 0 radical (unpaired) electrons. The summed E-state index contributed by atoms with van der Waals surface area (Å²) >= 11 is 0. The lowest BCUT2D eigenvalue weighted by molar-refractivity contribution is 0.596. The van der Waals surface area contributed by atoms with Crippen LogP contribution in [-0.2, 0) is 9.84 Å². The normalized spacial score (nSPS) is 11.3. The maximum absolute atomic E-state index is 12.5. The van der Waals surface area contributed by atoms with Crippen molar-refractivity contribution in [3.63, 3.8) is 0 Å². The molecule has 2 rings (SSSR count). The molecule has 19 heavy (non-hydrogen) atoms. The third-order valence-electron chi connectivity index (χ3n) is 2.83. The predicted octanol–water partition coefficient (Wildman–Crippen LogP) is 2.17. The van der Waals surface area contributed by atoms with Crippen molar-refractivity contribution in [3.8, 4) is 0 Å². The van der Waals surface area contributed by atoms with Gasteiger partial charge in [-0.25, -0.2) is 8.42 Å². The fourth-order valence-electron chi connectivity index (χ4n) is 1.71. The Morgan fingerprint density at radius 2 is 1.58 bits per heavy atom. The highest BCUT2D eigenvalue weighted by Crippen LogP contribution is 2.24. The van der Waals surface area contributed by atoms with Crippen molar-refractivity contribution in [2.75, 3.05) is 24.7 Å². The monoisotopic (exact) mass is 276 g/mol. The van der Waals surface area contributed by atoms with Gasteiger partial charge in [0.2, 0.25) is 9.84 Å². The Balaban J connectivity index is 2.50. The summed E-state index contributed by atoms with van der Waals surface area (Å²) in [5, 5.41) is 0. The number of sulfone groups is 1. The third kappa shape index (κ3) is 2.71. The van der Waals surface area contributed by atoms with Crippen molar-refractivity contribution in [2.45, 2.75) is 9.79 Å². The summed E-state index contributed by atoms with van der Waals surface area (Å²) in [4.78, 5) is 2.39. The molecule has 0 heterocycles. The van der Waals surface area contributed by atoms with E-state index in [1.807, 2.05) is 25.1 Å². The summed E-state index contributed by atoms with van der Waals surface area (Å²) in [6, 6.07) is 13.1. The lowest BCUT2D eigenvalue weighted by Crippen LogP contribution is -2.10. The molecule has 0 bridgehead atoms. The molecule has 0 fully saturated rings. The molecule has 100 valence electrons. The van der Waals surface area contributed by atoms with Gasteiger partial charge in [-0.1, -0.05) is 6.07 Å². The smallest absolute Gasteiger partial charge is 0.206 e. The molecule has 2 aromatic carbocycles. The average Bonchev–Trinajstić information content (AvgIpc) is 2.39. The molecule has 5 heteroatoms. The van der Waals surface area contributed by atoms with Gasteiger partial charge in [-0.2, -0.15) is 0 Å². The Bertz CT molecular complexity index is 677. The zero-order chi connectivity index (χ0) is 14.0. The summed E-state index contributed by atoms with van der Waals surface area (Å²) in [5.74, 6) is 0. The van der Waals surface area contributed by atoms with Gasteiger partial charge < -0.3 is 10.6 Å². The number of benzene rings is 2. The second-order valence-corrected chi connectivity index (χ2v) is 6.41. The molecule has 2 aromatic rings. The molecule has 0 aliphatic carbocycles. The lowest BCUT2D eigenvalue weighted by atomic mass is 10.3. The van der Waals surface area contributed by atoms with E-state index in [2.05, 4.69) is 0 Å². The minimum Gasteiger partial charge on any atom is -0.399 e. The number of nitrogens with zero attached hydrogens (tertiary/aromatic N) is 1. The molecule has 0 aliphatic rings. The van der Waals surface area contributed by atoms with E-state index in [-0.39, 0.29) is 9.79 Å². The minimum atomic E-state index is -3.49. The lowest BCUT2D eigenvalue weighted by Gasteiger charge is -2.13. The molecule has 0 saturated heterocycles. The summed E-state index contributed by atoms with van der Waals surface area (Å²) in [6.07, 6.45) is 0. The highest BCUT2D eigenvalue weighted by molar-refractivity contribution is 7.91. The van der Waals surface area contributed by atoms with E-state index in [9.17, 15) is 8.42 Å². The molecular weight excluding hydrogens is 260 g/mol. The Hall–Kier alpha value is -2.01. The molecule has 0 aromatic heterocycles. The number of nitrogen functional groups attached to an aromatic ring is 1. The number of rotatable bonds is 3. The molecule has 0 aliphatic heterocycles. The van der Waals surface area contributed by atoms with Gasteiger partial charge in [-0.3, -0.25) is 0 Å². The van der Waals surface area contributed by atoms with Crippen LogP contribution in [0.4, 0.5) is 11.4 Å². The van der Waals surface area contributed by atoms with Gasteiger partial charge in [0.05, 0.1) is 9.79 Å². The van der Waals surface area contributed by atoms with Crippen LogP contribution in [0.1, 0.15) is 0 Å². The highest BCUT2D eigenvalue weighted by atomic mass is 32.2. The first-order chi connectivity index (χ1) is 8.91. The number of hydrogen-bond acceptors (Lipinski definition) is 4. The summed E-state index contributed by atoms with van der Waals surface area (Å²) in [6.45, 7) is 0. The van der Waals surface area contributed by atoms with Gasteiger partial charge in [0.15, 0.2) is 0 Å². The molecular formula is C14H16N2O2S. The van der Waals surface area contributed by atoms with Crippen LogP contribution in [0.3, 0.4) is 0 Å². The standard InChI is InChI=1S/C14H16N2O2S/c1-16(2)12-4-3-5-14(10-12)19(17,18)13-8-6-11(15)7-9-13/h3-10H,15H2,1-2H3. The fraction of sp³-hybridized carbons (Fsp3) is 0.143. The van der Waals surface area contributed by atoms with Crippen LogP contribution in [0, 0.1) is 0 Å². The summed E-state index contributed by atoms with van der Waals surface area (Å²) in [7, 11) is 0.246. The van der Waals surface area contributed by atoms with Crippen LogP contribution < -0.4 is 10.6 Å². The van der Waals surface area contributed by atoms with Gasteiger partial charge in [-0.05, 0) is 42.5 Å². The van der Waals surface area contributed by atoms with Gasteiger partial charge >= 0.3 is 0 Å². The zero-order valence-corrected chi connectivity index (χ0v) is 11.7. The van der Waals surface area contributed by atoms with Crippen molar-refractivity contribution in [1.82, 2.24) is 0 Å². The Kier molecular flexibility index (Phi) is 3.48. The number of hydrogen-bond donors (Lipinski definition) is 1. The van der Waals surface area contributed by atoms with E-state index >= 15 is 0 Å². The van der Waals surface area contributed by atoms with Crippen LogP contribution in [-0.4, -0.2) is 22.5 Å². The van der Waals surface area contributed by atoms with Gasteiger partial charge in [-0.15, -0.1) is 0 Å². The van der Waals surface area contributed by atoms with Gasteiger partial charge in [0, 0.05) is 25.5 Å². The van der Waals surface area contributed by atoms with E-state index < -0.39 is 9.84 Å². The van der Waals surface area contributed by atoms with Gasteiger partial charge in [0.1, 0.15) is 0 Å². The summed E-state index contributed by atoms with van der Waals surface area (Å²) in [5.41, 5.74) is 6.96. The van der Waals surface area contributed by atoms with Crippen molar-refractivity contribution in [3.05, 3.63) is 48.5 Å². The maximum atomic E-state index is 12.5. The maximum Gasteiger partial charge on any atom is 0.206 e. The van der Waals surface area contributed by atoms with Crippen molar-refractivity contribution in [1.29, 1.82) is 0 Å². The number of nitrogens with two attached hydrogens (primary N) is 1. The first-order valence-corrected chi connectivity index (χ1v) is 7.27. The first kappa shape index (κ1) is 13.4. The molecule has 0 atom stereocenters. The Morgan fingerprint density at radius 3 is 2.16 bits per heavy atom. The molecule has 0 amide bonds. The molecule has 2 N–H and O–H groups in total. The molecule has 0 unspecified atom stereocenters. The zero-order valence-electron chi connectivity index (χ0n) is 10.9. The largest absolute Gasteiger partial charge is 0.399 e. The van der Waals surface area contributed by atoms with E-state index in [4.69, 9.17) is 5.73 Å². The molecule has 0 saturated carbocycles. The van der Waals surface area contributed by atoms with Crippen LogP contribution in [0.25, 0.3) is 0 Å². The predicted molar refractivity (Wildman–Crippen MR) is 77.1 cm³/mol. The van der Waals surface area contributed by atoms with Crippen molar-refractivity contribution in [2.24, 2.45) is 0 Å². The quantitative estimate of drug-likeness (QED) is 0.873. The summed E-state index contributed by atoms with van der Waals surface area (Å²) < 4.78 is 24.9. The Morgan fingerprint density at radius 1 is 0.947 bits per heavy atom. The second kappa shape index (κ2) is 4.93. The number of anilines is 2. The van der Waals surface area contributed by atoms with Crippen molar-refractivity contribution >= 4 is 21.2 Å². The van der Waals surface area contributed by atoms with E-state index in [0.29, 0.717) is 5.69 Å². The average molecular weight is 276 g/mol. The first-order valence-electron chi connectivity index (χ1n) is 5.79. The van der Waals surface area contributed by atoms with Crippen LogP contribution >= 0.6 is 0 Å². The topological polar surface area (TPSA) is 63.4 Å². The SMILES string of the molecule is CN(C)c1cccc(S(=O)(=O)c2ccc(N)cc2)c1. The van der Waals surface area contributed by atoms with Crippen molar-refractivity contribution < 1.29 is 8.42 Å². The van der Waals surface area contributed by atoms with Crippen LogP contribution in [0.2, 0.25) is 0 Å². The van der Waals surface area contributed by atoms with Gasteiger partial charge in [0.25, 0.3) is 0 Å².